The molecule has 1 aromatic heterocycles. The molecule has 14 heavy (non-hydrogen) atoms. The van der Waals surface area contributed by atoms with E-state index in [9.17, 15) is 13.9 Å². The van der Waals surface area contributed by atoms with Crippen molar-refractivity contribution in [1.29, 1.82) is 0 Å². The van der Waals surface area contributed by atoms with Crippen molar-refractivity contribution in [1.82, 2.24) is 0 Å². The molecule has 1 unspecified atom stereocenters. The van der Waals surface area contributed by atoms with Gasteiger partial charge in [0.05, 0.1) is 6.10 Å². The third-order valence-electron chi connectivity index (χ3n) is 1.71. The molecule has 0 fully saturated rings. The summed E-state index contributed by atoms with van der Waals surface area (Å²) in [5, 5.41) is 13.2. The summed E-state index contributed by atoms with van der Waals surface area (Å²) < 4.78 is 28.0. The van der Waals surface area contributed by atoms with Crippen LogP contribution in [0.25, 0.3) is 0 Å². The summed E-state index contributed by atoms with van der Waals surface area (Å²) in [5.74, 6) is 0. The fraction of sp³-hybridized carbons (Fsp3) is 0.556. The Labute approximate surface area is 85.1 Å². The molecule has 0 radical (unpaired) electrons. The highest BCUT2D eigenvalue weighted by Gasteiger charge is 2.08. The molecule has 0 bridgehead atoms. The van der Waals surface area contributed by atoms with Gasteiger partial charge < -0.3 is 9.84 Å². The van der Waals surface area contributed by atoms with Gasteiger partial charge in [-0.1, -0.05) is 0 Å². The van der Waals surface area contributed by atoms with Gasteiger partial charge in [0.25, 0.3) is 6.43 Å². The van der Waals surface area contributed by atoms with Crippen LogP contribution < -0.4 is 0 Å². The lowest BCUT2D eigenvalue weighted by Gasteiger charge is -2.08. The Morgan fingerprint density at radius 3 is 2.86 bits per heavy atom. The lowest BCUT2D eigenvalue weighted by Crippen LogP contribution is -2.08. The molecular weight excluding hydrogens is 210 g/mol. The van der Waals surface area contributed by atoms with Crippen molar-refractivity contribution in [2.75, 3.05) is 13.2 Å². The van der Waals surface area contributed by atoms with Crippen LogP contribution in [0.15, 0.2) is 16.8 Å². The number of hydrogen-bond acceptors (Lipinski definition) is 3. The van der Waals surface area contributed by atoms with E-state index in [1.54, 1.807) is 0 Å². The normalized spacial score (nSPS) is 13.4. The van der Waals surface area contributed by atoms with E-state index in [1.807, 2.05) is 16.8 Å². The maximum Gasteiger partial charge on any atom is 0.261 e. The van der Waals surface area contributed by atoms with E-state index in [-0.39, 0.29) is 6.61 Å². The number of halogens is 2. The molecule has 1 heterocycles. The largest absolute Gasteiger partial charge is 0.388 e. The van der Waals surface area contributed by atoms with Crippen molar-refractivity contribution in [3.05, 3.63) is 22.4 Å². The quantitative estimate of drug-likeness (QED) is 0.749. The van der Waals surface area contributed by atoms with Gasteiger partial charge in [-0.3, -0.25) is 0 Å². The standard InChI is InChI=1S/C9H12F2O2S/c10-9(11)5-13-3-1-8(12)7-2-4-14-6-7/h2,4,6,8-9,12H,1,3,5H2. The third kappa shape index (κ3) is 4.13. The average molecular weight is 222 g/mol. The van der Waals surface area contributed by atoms with Crippen LogP contribution in [0.4, 0.5) is 8.78 Å². The van der Waals surface area contributed by atoms with Gasteiger partial charge in [0.1, 0.15) is 6.61 Å². The Kier molecular flexibility index (Phi) is 5.00. The van der Waals surface area contributed by atoms with E-state index in [0.717, 1.165) is 5.56 Å². The smallest absolute Gasteiger partial charge is 0.261 e. The van der Waals surface area contributed by atoms with E-state index in [0.29, 0.717) is 6.42 Å². The maximum atomic E-state index is 11.6. The first-order valence-corrected chi connectivity index (χ1v) is 5.20. The highest BCUT2D eigenvalue weighted by Crippen LogP contribution is 2.18. The van der Waals surface area contributed by atoms with Crippen LogP contribution in [0, 0.1) is 0 Å². The number of hydrogen-bond donors (Lipinski definition) is 1. The summed E-state index contributed by atoms with van der Waals surface area (Å²) in [4.78, 5) is 0. The number of alkyl halides is 2. The molecule has 1 atom stereocenters. The zero-order valence-corrected chi connectivity index (χ0v) is 8.34. The van der Waals surface area contributed by atoms with Crippen molar-refractivity contribution >= 4 is 11.3 Å². The first-order chi connectivity index (χ1) is 6.70. The zero-order valence-electron chi connectivity index (χ0n) is 7.53. The maximum absolute atomic E-state index is 11.6. The second-order valence-corrected chi connectivity index (χ2v) is 3.61. The van der Waals surface area contributed by atoms with Crippen molar-refractivity contribution in [3.63, 3.8) is 0 Å². The van der Waals surface area contributed by atoms with Gasteiger partial charge in [-0.05, 0) is 22.4 Å². The van der Waals surface area contributed by atoms with Crippen molar-refractivity contribution in [2.45, 2.75) is 19.0 Å². The molecule has 0 spiro atoms. The first kappa shape index (κ1) is 11.6. The summed E-state index contributed by atoms with van der Waals surface area (Å²) in [5.41, 5.74) is 0.815. The predicted octanol–water partition coefficient (Wildman–Crippen LogP) is 2.45. The molecular formula is C9H12F2O2S. The van der Waals surface area contributed by atoms with Crippen molar-refractivity contribution in [2.24, 2.45) is 0 Å². The number of ether oxygens (including phenoxy) is 1. The lowest BCUT2D eigenvalue weighted by atomic mass is 10.1. The zero-order chi connectivity index (χ0) is 10.4. The fourth-order valence-corrected chi connectivity index (χ4v) is 1.71. The van der Waals surface area contributed by atoms with Gasteiger partial charge in [-0.2, -0.15) is 11.3 Å². The molecule has 0 aliphatic heterocycles. The van der Waals surface area contributed by atoms with Crippen LogP contribution in [0.3, 0.4) is 0 Å². The molecule has 0 saturated heterocycles. The monoisotopic (exact) mass is 222 g/mol. The van der Waals surface area contributed by atoms with Crippen LogP contribution in [0.1, 0.15) is 18.1 Å². The molecule has 0 aromatic carbocycles. The molecule has 0 saturated carbocycles. The minimum atomic E-state index is -2.44. The SMILES string of the molecule is OC(CCOCC(F)F)c1ccsc1. The van der Waals surface area contributed by atoms with E-state index in [1.165, 1.54) is 11.3 Å². The minimum absolute atomic E-state index is 0.154. The number of rotatable bonds is 6. The fourth-order valence-electron chi connectivity index (χ4n) is 0.999. The van der Waals surface area contributed by atoms with Crippen molar-refractivity contribution in [3.8, 4) is 0 Å². The summed E-state index contributed by atoms with van der Waals surface area (Å²) in [6, 6.07) is 1.81. The van der Waals surface area contributed by atoms with E-state index < -0.39 is 19.1 Å². The first-order valence-electron chi connectivity index (χ1n) is 4.26. The van der Waals surface area contributed by atoms with E-state index in [2.05, 4.69) is 4.74 Å². The highest BCUT2D eigenvalue weighted by molar-refractivity contribution is 7.07. The summed E-state index contributed by atoms with van der Waals surface area (Å²) in [6.07, 6.45) is -2.70. The Morgan fingerprint density at radius 2 is 2.29 bits per heavy atom. The van der Waals surface area contributed by atoms with Crippen LogP contribution in [-0.2, 0) is 4.74 Å². The summed E-state index contributed by atoms with van der Waals surface area (Å²) in [6.45, 7) is -0.405. The second-order valence-electron chi connectivity index (χ2n) is 2.83. The molecule has 80 valence electrons. The molecule has 0 amide bonds. The van der Waals surface area contributed by atoms with Gasteiger partial charge in [0.2, 0.25) is 0 Å². The van der Waals surface area contributed by atoms with Gasteiger partial charge >= 0.3 is 0 Å². The van der Waals surface area contributed by atoms with Gasteiger partial charge in [0.15, 0.2) is 0 Å². The second kappa shape index (κ2) is 6.06. The Morgan fingerprint density at radius 1 is 1.50 bits per heavy atom. The summed E-state index contributed by atoms with van der Waals surface area (Å²) in [7, 11) is 0. The molecule has 5 heteroatoms. The third-order valence-corrected chi connectivity index (χ3v) is 2.41. The number of aliphatic hydroxyl groups is 1. The Hall–Kier alpha value is -0.520. The summed E-state index contributed by atoms with van der Waals surface area (Å²) >= 11 is 1.49. The lowest BCUT2D eigenvalue weighted by molar-refractivity contribution is 0.00485. The van der Waals surface area contributed by atoms with Gasteiger partial charge in [0, 0.05) is 13.0 Å². The van der Waals surface area contributed by atoms with E-state index >= 15 is 0 Å². The Bertz CT molecular complexity index is 239. The predicted molar refractivity (Wildman–Crippen MR) is 50.7 cm³/mol. The molecule has 0 aliphatic carbocycles. The number of aliphatic hydroxyl groups excluding tert-OH is 1. The van der Waals surface area contributed by atoms with Gasteiger partial charge in [-0.15, -0.1) is 0 Å². The van der Waals surface area contributed by atoms with Crippen LogP contribution >= 0.6 is 11.3 Å². The topological polar surface area (TPSA) is 29.5 Å². The molecule has 1 aromatic rings. The average Bonchev–Trinajstić information content (AvgIpc) is 2.64. The van der Waals surface area contributed by atoms with Crippen LogP contribution in [0.5, 0.6) is 0 Å². The highest BCUT2D eigenvalue weighted by atomic mass is 32.1. The van der Waals surface area contributed by atoms with E-state index in [4.69, 9.17) is 0 Å². The number of thiophene rings is 1. The molecule has 1 rings (SSSR count). The molecule has 1 N–H and O–H groups in total. The van der Waals surface area contributed by atoms with Crippen LogP contribution in [-0.4, -0.2) is 24.7 Å². The van der Waals surface area contributed by atoms with Crippen molar-refractivity contribution < 1.29 is 18.6 Å². The minimum Gasteiger partial charge on any atom is -0.388 e. The molecule has 2 nitrogen and oxygen atoms in total. The molecule has 0 aliphatic rings. The Balaban J connectivity index is 2.13. The van der Waals surface area contributed by atoms with Gasteiger partial charge in [-0.25, -0.2) is 8.78 Å². The van der Waals surface area contributed by atoms with Crippen LogP contribution in [0.2, 0.25) is 0 Å².